The second-order valence-corrected chi connectivity index (χ2v) is 7.01. The third kappa shape index (κ3) is 3.33. The van der Waals surface area contributed by atoms with Crippen molar-refractivity contribution in [1.29, 1.82) is 0 Å². The molecule has 1 aromatic rings. The molecule has 0 radical (unpaired) electrons. The van der Waals surface area contributed by atoms with E-state index in [9.17, 15) is 18.6 Å². The first-order valence-corrected chi connectivity index (χ1v) is 8.07. The molecule has 1 fully saturated rings. The lowest BCUT2D eigenvalue weighted by Gasteiger charge is -2.22. The minimum absolute atomic E-state index is 0.222. The summed E-state index contributed by atoms with van der Waals surface area (Å²) >= 11 is 0. The highest BCUT2D eigenvalue weighted by molar-refractivity contribution is 7.88. The summed E-state index contributed by atoms with van der Waals surface area (Å²) in [7, 11) is -3.43. The Morgan fingerprint density at radius 3 is 2.32 bits per heavy atom. The maximum atomic E-state index is 11.4. The third-order valence-corrected chi connectivity index (χ3v) is 4.25. The Morgan fingerprint density at radius 1 is 1.21 bits per heavy atom. The summed E-state index contributed by atoms with van der Waals surface area (Å²) in [6.07, 6.45) is -0.597. The average Bonchev–Trinajstić information content (AvgIpc) is 2.57. The van der Waals surface area contributed by atoms with Crippen molar-refractivity contribution in [2.75, 3.05) is 6.26 Å². The van der Waals surface area contributed by atoms with Crippen LogP contribution in [0, 0.1) is 6.92 Å². The molecule has 4 atom stereocenters. The number of hydrogen-bond donors (Lipinski definition) is 3. The van der Waals surface area contributed by atoms with E-state index < -0.39 is 28.3 Å². The van der Waals surface area contributed by atoms with Crippen LogP contribution in [0.25, 0.3) is 0 Å². The Bertz CT molecular complexity index is 540. The fourth-order valence-corrected chi connectivity index (χ4v) is 3.38. The Labute approximate surface area is 113 Å². The Kier molecular flexibility index (Phi) is 3.96. The summed E-state index contributed by atoms with van der Waals surface area (Å²) in [5.41, 5.74) is 2.03. The van der Waals surface area contributed by atoms with E-state index in [4.69, 9.17) is 0 Å². The van der Waals surface area contributed by atoms with Crippen LogP contribution in [0.1, 0.15) is 23.5 Å². The minimum atomic E-state index is -3.43. The Balaban J connectivity index is 2.29. The first-order valence-electron chi connectivity index (χ1n) is 6.18. The first kappa shape index (κ1) is 14.5. The van der Waals surface area contributed by atoms with Crippen molar-refractivity contribution in [2.45, 2.75) is 37.5 Å². The number of rotatable bonds is 3. The Hall–Kier alpha value is -0.950. The summed E-state index contributed by atoms with van der Waals surface area (Å²) in [6, 6.07) is 6.99. The molecule has 5 nitrogen and oxygen atoms in total. The summed E-state index contributed by atoms with van der Waals surface area (Å²) in [6.45, 7) is 1.97. The summed E-state index contributed by atoms with van der Waals surface area (Å²) in [5.74, 6) is -0.222. The maximum absolute atomic E-state index is 11.4. The van der Waals surface area contributed by atoms with Gasteiger partial charge in [-0.1, -0.05) is 29.8 Å². The lowest BCUT2D eigenvalue weighted by atomic mass is 9.93. The number of aryl methyl sites for hydroxylation is 1. The molecule has 2 rings (SSSR count). The van der Waals surface area contributed by atoms with E-state index in [1.54, 1.807) is 0 Å². The smallest absolute Gasteiger partial charge is 0.209 e. The van der Waals surface area contributed by atoms with Crippen molar-refractivity contribution < 1.29 is 18.6 Å². The van der Waals surface area contributed by atoms with Gasteiger partial charge in [0.15, 0.2) is 0 Å². The van der Waals surface area contributed by atoms with Crippen LogP contribution in [0.4, 0.5) is 0 Å². The van der Waals surface area contributed by atoms with Crippen LogP contribution in [-0.4, -0.2) is 43.1 Å². The molecule has 0 bridgehead atoms. The van der Waals surface area contributed by atoms with Crippen molar-refractivity contribution in [3.05, 3.63) is 35.4 Å². The van der Waals surface area contributed by atoms with Gasteiger partial charge in [0, 0.05) is 5.92 Å². The molecule has 0 amide bonds. The van der Waals surface area contributed by atoms with E-state index in [0.29, 0.717) is 6.42 Å². The predicted molar refractivity (Wildman–Crippen MR) is 72.3 cm³/mol. The molecular weight excluding hydrogens is 266 g/mol. The third-order valence-electron chi connectivity index (χ3n) is 3.55. The van der Waals surface area contributed by atoms with Gasteiger partial charge in [-0.2, -0.15) is 0 Å². The first-order chi connectivity index (χ1) is 8.78. The molecule has 0 saturated heterocycles. The largest absolute Gasteiger partial charge is 0.390 e. The van der Waals surface area contributed by atoms with Crippen LogP contribution in [0.3, 0.4) is 0 Å². The van der Waals surface area contributed by atoms with Crippen LogP contribution in [0.2, 0.25) is 0 Å². The molecule has 1 saturated carbocycles. The molecule has 19 heavy (non-hydrogen) atoms. The summed E-state index contributed by atoms with van der Waals surface area (Å²) < 4.78 is 25.2. The molecule has 0 unspecified atom stereocenters. The van der Waals surface area contributed by atoms with E-state index in [1.165, 1.54) is 0 Å². The number of nitrogens with one attached hydrogen (secondary N) is 1. The summed E-state index contributed by atoms with van der Waals surface area (Å²) in [5, 5.41) is 19.7. The van der Waals surface area contributed by atoms with Gasteiger partial charge in [0.05, 0.1) is 24.5 Å². The number of benzene rings is 1. The zero-order valence-electron chi connectivity index (χ0n) is 10.9. The molecule has 106 valence electrons. The standard InChI is InChI=1S/C13H19NO4S/c1-8-3-5-9(6-4-8)10-7-11(15)13(16)12(10)14-19(2,17)18/h3-6,10-16H,7H2,1-2H3/t10-,11-,12-,13-/m1/s1. The van der Waals surface area contributed by atoms with E-state index in [1.807, 2.05) is 31.2 Å². The van der Waals surface area contributed by atoms with Crippen LogP contribution in [0.5, 0.6) is 0 Å². The summed E-state index contributed by atoms with van der Waals surface area (Å²) in [4.78, 5) is 0. The van der Waals surface area contributed by atoms with Crippen LogP contribution in [-0.2, 0) is 10.0 Å². The Morgan fingerprint density at radius 2 is 1.79 bits per heavy atom. The molecular formula is C13H19NO4S. The quantitative estimate of drug-likeness (QED) is 0.736. The molecule has 6 heteroatoms. The van der Waals surface area contributed by atoms with E-state index >= 15 is 0 Å². The zero-order valence-corrected chi connectivity index (χ0v) is 11.8. The SMILES string of the molecule is Cc1ccc([C@H]2C[C@@H](O)[C@@H](O)[C@@H]2NS(C)(=O)=O)cc1. The minimum Gasteiger partial charge on any atom is -0.390 e. The number of sulfonamides is 1. The van der Waals surface area contributed by atoms with Gasteiger partial charge >= 0.3 is 0 Å². The van der Waals surface area contributed by atoms with Crippen molar-refractivity contribution in [2.24, 2.45) is 0 Å². The fraction of sp³-hybridized carbons (Fsp3) is 0.538. The molecule has 0 spiro atoms. The molecule has 1 aromatic carbocycles. The maximum Gasteiger partial charge on any atom is 0.209 e. The molecule has 1 aliphatic carbocycles. The van der Waals surface area contributed by atoms with Crippen molar-refractivity contribution in [3.8, 4) is 0 Å². The second kappa shape index (κ2) is 5.20. The topological polar surface area (TPSA) is 86.6 Å². The van der Waals surface area contributed by atoms with Gasteiger partial charge in [0.1, 0.15) is 0 Å². The molecule has 0 aromatic heterocycles. The molecule has 1 aliphatic rings. The van der Waals surface area contributed by atoms with Crippen molar-refractivity contribution in [3.63, 3.8) is 0 Å². The monoisotopic (exact) mass is 285 g/mol. The van der Waals surface area contributed by atoms with Gasteiger partial charge in [-0.15, -0.1) is 0 Å². The van der Waals surface area contributed by atoms with Crippen LogP contribution >= 0.6 is 0 Å². The highest BCUT2D eigenvalue weighted by Gasteiger charge is 2.43. The van der Waals surface area contributed by atoms with Gasteiger partial charge in [0.25, 0.3) is 0 Å². The second-order valence-electron chi connectivity index (χ2n) is 5.23. The van der Waals surface area contributed by atoms with Crippen LogP contribution < -0.4 is 4.72 Å². The fourth-order valence-electron chi connectivity index (χ4n) is 2.58. The van der Waals surface area contributed by atoms with Crippen LogP contribution in [0.15, 0.2) is 24.3 Å². The van der Waals surface area contributed by atoms with Gasteiger partial charge < -0.3 is 10.2 Å². The normalized spacial score (nSPS) is 31.6. The van der Waals surface area contributed by atoms with Gasteiger partial charge in [-0.25, -0.2) is 13.1 Å². The highest BCUT2D eigenvalue weighted by atomic mass is 32.2. The predicted octanol–water partition coefficient (Wildman–Crippen LogP) is 0.122. The average molecular weight is 285 g/mol. The number of aliphatic hydroxyl groups excluding tert-OH is 2. The van der Waals surface area contributed by atoms with E-state index in [2.05, 4.69) is 4.72 Å². The van der Waals surface area contributed by atoms with Crippen molar-refractivity contribution >= 4 is 10.0 Å². The van der Waals surface area contributed by atoms with Gasteiger partial charge in [0.2, 0.25) is 10.0 Å². The van der Waals surface area contributed by atoms with Gasteiger partial charge in [-0.3, -0.25) is 0 Å². The molecule has 0 heterocycles. The number of hydrogen-bond acceptors (Lipinski definition) is 4. The molecule has 3 N–H and O–H groups in total. The van der Waals surface area contributed by atoms with E-state index in [0.717, 1.165) is 17.4 Å². The lowest BCUT2D eigenvalue weighted by Crippen LogP contribution is -2.44. The van der Waals surface area contributed by atoms with Crippen molar-refractivity contribution in [1.82, 2.24) is 4.72 Å². The highest BCUT2D eigenvalue weighted by Crippen LogP contribution is 2.35. The number of aliphatic hydroxyl groups is 2. The lowest BCUT2D eigenvalue weighted by molar-refractivity contribution is 0.0338. The zero-order chi connectivity index (χ0) is 14.2. The van der Waals surface area contributed by atoms with Gasteiger partial charge in [-0.05, 0) is 18.9 Å². The van der Waals surface area contributed by atoms with E-state index in [-0.39, 0.29) is 5.92 Å². The molecule has 0 aliphatic heterocycles.